The van der Waals surface area contributed by atoms with Crippen LogP contribution in [0.15, 0.2) is 0 Å². The number of nitrogens with two attached hydrogens (primary N) is 1. The summed E-state index contributed by atoms with van der Waals surface area (Å²) in [4.78, 5) is 12.0. The van der Waals surface area contributed by atoms with Crippen molar-refractivity contribution in [3.05, 3.63) is 0 Å². The van der Waals surface area contributed by atoms with Crippen molar-refractivity contribution in [2.24, 2.45) is 23.5 Å². The van der Waals surface area contributed by atoms with Crippen LogP contribution in [-0.2, 0) is 9.53 Å². The first-order valence-electron chi connectivity index (χ1n) is 8.43. The Hall–Kier alpha value is -0.610. The maximum Gasteiger partial charge on any atom is 0.246 e. The third-order valence-corrected chi connectivity index (χ3v) is 5.15. The van der Waals surface area contributed by atoms with E-state index in [1.165, 1.54) is 0 Å². The highest BCUT2D eigenvalue weighted by Gasteiger charge is 2.36. The molecule has 0 saturated heterocycles. The summed E-state index contributed by atoms with van der Waals surface area (Å²) in [5.41, 5.74) is 5.65. The van der Waals surface area contributed by atoms with Crippen molar-refractivity contribution >= 4 is 5.91 Å². The molecule has 0 aliphatic heterocycles. The lowest BCUT2D eigenvalue weighted by Crippen LogP contribution is -2.47. The van der Waals surface area contributed by atoms with Gasteiger partial charge in [0.1, 0.15) is 6.61 Å². The number of nitrogens with one attached hydrogen (secondary N) is 1. The van der Waals surface area contributed by atoms with Crippen LogP contribution < -0.4 is 11.1 Å². The van der Waals surface area contributed by atoms with Crippen LogP contribution in [0.1, 0.15) is 60.3 Å². The molecule has 3 N–H and O–H groups in total. The maximum atomic E-state index is 12.0. The topological polar surface area (TPSA) is 64.3 Å². The van der Waals surface area contributed by atoms with Gasteiger partial charge in [0, 0.05) is 12.6 Å². The summed E-state index contributed by atoms with van der Waals surface area (Å²) in [6, 6.07) is 0.173. The summed E-state index contributed by atoms with van der Waals surface area (Å²) in [6.45, 7) is 11.4. The van der Waals surface area contributed by atoms with E-state index < -0.39 is 0 Å². The van der Waals surface area contributed by atoms with Gasteiger partial charge in [-0.2, -0.15) is 0 Å². The Kier molecular flexibility index (Phi) is 7.14. The monoisotopic (exact) mass is 298 g/mol. The Balaban J connectivity index is 2.43. The van der Waals surface area contributed by atoms with Gasteiger partial charge in [-0.3, -0.25) is 4.79 Å². The largest absolute Gasteiger partial charge is 0.364 e. The minimum absolute atomic E-state index is 0.0324. The van der Waals surface area contributed by atoms with Crippen LogP contribution in [0, 0.1) is 17.8 Å². The van der Waals surface area contributed by atoms with Crippen molar-refractivity contribution in [1.29, 1.82) is 0 Å². The average Bonchev–Trinajstić information content (AvgIpc) is 2.45. The molecule has 0 aromatic heterocycles. The van der Waals surface area contributed by atoms with Crippen LogP contribution in [-0.4, -0.2) is 30.7 Å². The molecule has 124 valence electrons. The number of carbonyl (C=O) groups excluding carboxylic acids is 1. The van der Waals surface area contributed by atoms with Gasteiger partial charge in [-0.05, 0) is 50.4 Å². The molecule has 1 atom stereocenters. The molecule has 1 fully saturated rings. The molecule has 4 heteroatoms. The minimum atomic E-state index is -0.288. The van der Waals surface area contributed by atoms with Crippen molar-refractivity contribution in [2.45, 2.75) is 71.9 Å². The lowest BCUT2D eigenvalue weighted by Gasteiger charge is -2.40. The Morgan fingerprint density at radius 3 is 2.24 bits per heavy atom. The summed E-state index contributed by atoms with van der Waals surface area (Å²) >= 11 is 0. The first-order chi connectivity index (χ1) is 9.79. The fourth-order valence-corrected chi connectivity index (χ4v) is 2.92. The fourth-order valence-electron chi connectivity index (χ4n) is 2.92. The molecule has 0 radical (unpaired) electrons. The number of rotatable bonds is 7. The molecular formula is C17H34N2O2. The van der Waals surface area contributed by atoms with Crippen molar-refractivity contribution < 1.29 is 9.53 Å². The van der Waals surface area contributed by atoms with Crippen molar-refractivity contribution in [3.63, 3.8) is 0 Å². The van der Waals surface area contributed by atoms with Crippen molar-refractivity contribution in [2.75, 3.05) is 13.2 Å². The second-order valence-corrected chi connectivity index (χ2v) is 7.36. The number of carbonyl (C=O) groups is 1. The lowest BCUT2D eigenvalue weighted by molar-refractivity contribution is -0.137. The zero-order valence-electron chi connectivity index (χ0n) is 14.4. The van der Waals surface area contributed by atoms with E-state index in [9.17, 15) is 4.79 Å². The third kappa shape index (κ3) is 5.59. The molecule has 1 aliphatic carbocycles. The van der Waals surface area contributed by atoms with E-state index in [4.69, 9.17) is 10.5 Å². The first-order valence-corrected chi connectivity index (χ1v) is 8.43. The molecule has 21 heavy (non-hydrogen) atoms. The average molecular weight is 298 g/mol. The van der Waals surface area contributed by atoms with E-state index in [-0.39, 0.29) is 24.2 Å². The quantitative estimate of drug-likeness (QED) is 0.759. The predicted molar refractivity (Wildman–Crippen MR) is 87.0 cm³/mol. The second-order valence-electron chi connectivity index (χ2n) is 7.36. The van der Waals surface area contributed by atoms with Gasteiger partial charge >= 0.3 is 0 Å². The Morgan fingerprint density at radius 2 is 1.81 bits per heavy atom. The highest BCUT2D eigenvalue weighted by Crippen LogP contribution is 2.37. The van der Waals surface area contributed by atoms with Crippen LogP contribution in [0.25, 0.3) is 0 Å². The van der Waals surface area contributed by atoms with Gasteiger partial charge < -0.3 is 15.8 Å². The molecule has 1 saturated carbocycles. The molecule has 1 unspecified atom stereocenters. The molecule has 1 amide bonds. The van der Waals surface area contributed by atoms with E-state index in [1.807, 2.05) is 6.92 Å². The molecule has 4 nitrogen and oxygen atoms in total. The number of amides is 1. The van der Waals surface area contributed by atoms with Gasteiger partial charge in [0.15, 0.2) is 0 Å². The molecule has 0 heterocycles. The number of hydrogen-bond acceptors (Lipinski definition) is 3. The summed E-state index contributed by atoms with van der Waals surface area (Å²) in [7, 11) is 0. The highest BCUT2D eigenvalue weighted by atomic mass is 16.5. The molecule has 1 rings (SSSR count). The third-order valence-electron chi connectivity index (χ3n) is 5.15. The molecule has 0 bridgehead atoms. The number of hydrogen-bond donors (Lipinski definition) is 2. The predicted octanol–water partition coefficient (Wildman–Crippen LogP) is 2.71. The Bertz CT molecular complexity index is 321. The summed E-state index contributed by atoms with van der Waals surface area (Å²) in [6.07, 6.45) is 4.25. The first kappa shape index (κ1) is 18.4. The number of ether oxygens (including phenoxy) is 1. The van der Waals surface area contributed by atoms with Crippen LogP contribution in [0.5, 0.6) is 0 Å². The van der Waals surface area contributed by atoms with Crippen molar-refractivity contribution in [1.82, 2.24) is 5.32 Å². The van der Waals surface area contributed by atoms with Crippen LogP contribution in [0.2, 0.25) is 0 Å². The molecule has 0 aromatic carbocycles. The summed E-state index contributed by atoms with van der Waals surface area (Å²) in [5.74, 6) is 1.88. The van der Waals surface area contributed by atoms with E-state index in [2.05, 4.69) is 33.0 Å². The SMILES string of the molecule is CC(C)C1CCC(CN)(OCC(=O)NC(C)C(C)C)CC1. The van der Waals surface area contributed by atoms with E-state index in [0.29, 0.717) is 12.5 Å². The van der Waals surface area contributed by atoms with Gasteiger partial charge in [-0.1, -0.05) is 27.7 Å². The zero-order chi connectivity index (χ0) is 16.0. The Morgan fingerprint density at radius 1 is 1.24 bits per heavy atom. The van der Waals surface area contributed by atoms with Crippen LogP contribution >= 0.6 is 0 Å². The second kappa shape index (κ2) is 8.14. The lowest BCUT2D eigenvalue weighted by atomic mass is 9.74. The van der Waals surface area contributed by atoms with Gasteiger partial charge in [-0.25, -0.2) is 0 Å². The van der Waals surface area contributed by atoms with E-state index >= 15 is 0 Å². The molecular weight excluding hydrogens is 264 g/mol. The van der Waals surface area contributed by atoms with Gasteiger partial charge in [0.2, 0.25) is 5.91 Å². The normalized spacial score (nSPS) is 27.9. The van der Waals surface area contributed by atoms with Gasteiger partial charge in [-0.15, -0.1) is 0 Å². The molecule has 0 aromatic rings. The van der Waals surface area contributed by atoms with Crippen LogP contribution in [0.4, 0.5) is 0 Å². The van der Waals surface area contributed by atoms with Gasteiger partial charge in [0.25, 0.3) is 0 Å². The van der Waals surface area contributed by atoms with Gasteiger partial charge in [0.05, 0.1) is 5.60 Å². The Labute approximate surface area is 130 Å². The minimum Gasteiger partial charge on any atom is -0.364 e. The maximum absolute atomic E-state index is 12.0. The van der Waals surface area contributed by atoms with E-state index in [0.717, 1.165) is 37.5 Å². The highest BCUT2D eigenvalue weighted by molar-refractivity contribution is 5.77. The standard InChI is InChI=1S/C17H34N2O2/c1-12(2)14(5)19-16(20)10-21-17(11-18)8-6-15(7-9-17)13(3)4/h12-15H,6-11,18H2,1-5H3,(H,19,20). The summed E-state index contributed by atoms with van der Waals surface area (Å²) in [5, 5.41) is 2.98. The zero-order valence-corrected chi connectivity index (χ0v) is 14.4. The molecule has 1 aliphatic rings. The van der Waals surface area contributed by atoms with E-state index in [1.54, 1.807) is 0 Å². The van der Waals surface area contributed by atoms with Crippen molar-refractivity contribution in [3.8, 4) is 0 Å². The smallest absolute Gasteiger partial charge is 0.246 e. The molecule has 0 spiro atoms. The fraction of sp³-hybridized carbons (Fsp3) is 0.941. The summed E-state index contributed by atoms with van der Waals surface area (Å²) < 4.78 is 5.95. The van der Waals surface area contributed by atoms with Crippen LogP contribution in [0.3, 0.4) is 0 Å².